The van der Waals surface area contributed by atoms with Gasteiger partial charge in [-0.05, 0) is 62.1 Å². The summed E-state index contributed by atoms with van der Waals surface area (Å²) in [6.45, 7) is 16.1. The van der Waals surface area contributed by atoms with Crippen molar-refractivity contribution < 1.29 is 14.4 Å². The lowest BCUT2D eigenvalue weighted by molar-refractivity contribution is -0.111. The molecule has 3 fully saturated rings. The summed E-state index contributed by atoms with van der Waals surface area (Å²) in [4.78, 5) is 35.3. The molecule has 0 aliphatic carbocycles. The van der Waals surface area contributed by atoms with Gasteiger partial charge in [-0.2, -0.15) is 0 Å². The first kappa shape index (κ1) is 34.0. The first-order chi connectivity index (χ1) is 23.4. The van der Waals surface area contributed by atoms with E-state index < -0.39 is 0 Å². The maximum absolute atomic E-state index is 12.6. The molecule has 2 N–H and O–H groups in total. The van der Waals surface area contributed by atoms with Gasteiger partial charge in [-0.15, -0.1) is 0 Å². The van der Waals surface area contributed by atoms with Gasteiger partial charge >= 0.3 is 0 Å². The maximum Gasteiger partial charge on any atom is 0.247 e. The van der Waals surface area contributed by atoms with Crippen molar-refractivity contribution in [3.8, 4) is 5.75 Å². The van der Waals surface area contributed by atoms with Gasteiger partial charge in [-0.1, -0.05) is 37.2 Å². The van der Waals surface area contributed by atoms with Crippen molar-refractivity contribution in [1.82, 2.24) is 19.8 Å². The normalized spacial score (nSPS) is 19.4. The van der Waals surface area contributed by atoms with Gasteiger partial charge in [0.15, 0.2) is 5.82 Å². The molecule has 12 heteroatoms. The van der Waals surface area contributed by atoms with E-state index in [4.69, 9.17) is 21.2 Å². The van der Waals surface area contributed by atoms with Crippen molar-refractivity contribution in [2.75, 3.05) is 80.1 Å². The summed E-state index contributed by atoms with van der Waals surface area (Å²) in [5.41, 5.74) is 4.40. The highest BCUT2D eigenvalue weighted by molar-refractivity contribution is 6.31. The average molecular weight is 675 g/mol. The van der Waals surface area contributed by atoms with Crippen LogP contribution in [0.25, 0.3) is 0 Å². The van der Waals surface area contributed by atoms with Crippen LogP contribution in [0.3, 0.4) is 0 Å². The molecule has 3 aromatic rings. The van der Waals surface area contributed by atoms with Crippen LogP contribution >= 0.6 is 11.6 Å². The smallest absolute Gasteiger partial charge is 0.247 e. The Morgan fingerprint density at radius 2 is 1.88 bits per heavy atom. The van der Waals surface area contributed by atoms with Crippen LogP contribution in [-0.2, 0) is 9.63 Å². The standard InChI is InChI=1S/C36H47ClN8O3/c1-5-13-42-16-18-43(19-17-42)26-10-14-44(15-11-26)32-22-33(47-4)30(21-29(32)41-36(46)6-2)40-34-23-35(39-24-38-34)45-31(12-20-48-45)27-8-7-9-28(37)25(27)3/h6-9,21-24,26,31H,2,5,10-20H2,1,3-4H3,(H,41,46)(H,38,39,40)/t31-/m1/s1. The first-order valence-electron chi connectivity index (χ1n) is 17.0. The van der Waals surface area contributed by atoms with E-state index in [9.17, 15) is 4.79 Å². The zero-order chi connectivity index (χ0) is 33.6. The first-order valence-corrected chi connectivity index (χ1v) is 17.4. The number of benzene rings is 2. The number of halogens is 1. The molecule has 0 spiro atoms. The van der Waals surface area contributed by atoms with Crippen molar-refractivity contribution in [3.05, 3.63) is 71.5 Å². The Bertz CT molecular complexity index is 1590. The number of hydroxylamine groups is 1. The number of methoxy groups -OCH3 is 1. The van der Waals surface area contributed by atoms with Crippen LogP contribution in [0.1, 0.15) is 49.8 Å². The molecule has 1 amide bonds. The second kappa shape index (κ2) is 15.5. The highest BCUT2D eigenvalue weighted by Gasteiger charge is 2.31. The topological polar surface area (TPSA) is 98.3 Å². The molecule has 0 saturated carbocycles. The number of nitrogens with one attached hydrogen (secondary N) is 2. The quantitative estimate of drug-likeness (QED) is 0.229. The van der Waals surface area contributed by atoms with E-state index in [1.54, 1.807) is 7.11 Å². The van der Waals surface area contributed by atoms with Crippen LogP contribution in [-0.4, -0.2) is 91.2 Å². The van der Waals surface area contributed by atoms with Gasteiger partial charge in [0.05, 0.1) is 36.8 Å². The van der Waals surface area contributed by atoms with Crippen LogP contribution < -0.4 is 25.3 Å². The lowest BCUT2D eigenvalue weighted by atomic mass is 9.99. The number of piperidine rings is 1. The molecule has 11 nitrogen and oxygen atoms in total. The Hall–Kier alpha value is -3.90. The zero-order valence-electron chi connectivity index (χ0n) is 28.3. The van der Waals surface area contributed by atoms with Gasteiger partial charge in [0.2, 0.25) is 5.91 Å². The molecule has 3 aliphatic rings. The summed E-state index contributed by atoms with van der Waals surface area (Å²) in [5, 5.41) is 8.99. The third-order valence-electron chi connectivity index (χ3n) is 9.74. The lowest BCUT2D eigenvalue weighted by Crippen LogP contribution is -2.53. The Morgan fingerprint density at radius 3 is 2.60 bits per heavy atom. The van der Waals surface area contributed by atoms with E-state index in [2.05, 4.69) is 54.9 Å². The van der Waals surface area contributed by atoms with E-state index in [0.717, 1.165) is 80.4 Å². The molecule has 2 aromatic carbocycles. The fourth-order valence-corrected chi connectivity index (χ4v) is 7.34. The summed E-state index contributed by atoms with van der Waals surface area (Å²) in [6.07, 6.45) is 6.96. The van der Waals surface area contributed by atoms with Gasteiger partial charge in [0, 0.05) is 68.9 Å². The fourth-order valence-electron chi connectivity index (χ4n) is 7.16. The van der Waals surface area contributed by atoms with E-state index in [0.29, 0.717) is 41.4 Å². The number of anilines is 5. The van der Waals surface area contributed by atoms with Gasteiger partial charge in [-0.3, -0.25) is 14.5 Å². The maximum atomic E-state index is 12.6. The van der Waals surface area contributed by atoms with Crippen LogP contribution in [0.15, 0.2) is 55.4 Å². The van der Waals surface area contributed by atoms with E-state index in [1.807, 2.05) is 42.3 Å². The molecule has 3 aliphatic heterocycles. The molecule has 6 rings (SSSR count). The molecule has 0 unspecified atom stereocenters. The molecule has 1 aromatic heterocycles. The predicted octanol–water partition coefficient (Wildman–Crippen LogP) is 6.19. The number of hydrogen-bond donors (Lipinski definition) is 2. The molecule has 256 valence electrons. The van der Waals surface area contributed by atoms with E-state index in [1.165, 1.54) is 25.4 Å². The number of aromatic nitrogens is 2. The lowest BCUT2D eigenvalue weighted by Gasteiger charge is -2.43. The molecule has 0 radical (unpaired) electrons. The van der Waals surface area contributed by atoms with Crippen LogP contribution in [0.5, 0.6) is 5.75 Å². The number of amides is 1. The average Bonchev–Trinajstić information content (AvgIpc) is 3.60. The number of carbonyl (C=O) groups is 1. The predicted molar refractivity (Wildman–Crippen MR) is 193 cm³/mol. The third-order valence-corrected chi connectivity index (χ3v) is 10.2. The highest BCUT2D eigenvalue weighted by atomic mass is 35.5. The monoisotopic (exact) mass is 674 g/mol. The molecule has 4 heterocycles. The number of nitrogens with zero attached hydrogens (tertiary/aromatic N) is 6. The largest absolute Gasteiger partial charge is 0.494 e. The van der Waals surface area contributed by atoms with Gasteiger partial charge in [0.25, 0.3) is 0 Å². The summed E-state index contributed by atoms with van der Waals surface area (Å²) in [7, 11) is 1.65. The molecule has 1 atom stereocenters. The van der Waals surface area contributed by atoms with E-state index >= 15 is 0 Å². The number of piperazine rings is 1. The minimum atomic E-state index is -0.273. The van der Waals surface area contributed by atoms with Gasteiger partial charge in [-0.25, -0.2) is 15.0 Å². The summed E-state index contributed by atoms with van der Waals surface area (Å²) >= 11 is 6.45. The van der Waals surface area contributed by atoms with Crippen LogP contribution in [0.2, 0.25) is 5.02 Å². The Balaban J connectivity index is 1.20. The minimum Gasteiger partial charge on any atom is -0.494 e. The van der Waals surface area contributed by atoms with Gasteiger partial charge in [0.1, 0.15) is 17.9 Å². The van der Waals surface area contributed by atoms with Crippen molar-refractivity contribution in [2.45, 2.75) is 51.6 Å². The Morgan fingerprint density at radius 1 is 1.08 bits per heavy atom. The van der Waals surface area contributed by atoms with E-state index in [-0.39, 0.29) is 11.9 Å². The van der Waals surface area contributed by atoms with Crippen LogP contribution in [0.4, 0.5) is 28.7 Å². The molecular formula is C36H47ClN8O3. The fraction of sp³-hybridized carbons (Fsp3) is 0.472. The van der Waals surface area contributed by atoms with Crippen molar-refractivity contribution in [1.29, 1.82) is 0 Å². The molecule has 0 bridgehead atoms. The number of ether oxygens (including phenoxy) is 1. The van der Waals surface area contributed by atoms with Crippen molar-refractivity contribution in [2.24, 2.45) is 0 Å². The molecule has 48 heavy (non-hydrogen) atoms. The number of hydrogen-bond acceptors (Lipinski definition) is 10. The molecular weight excluding hydrogens is 628 g/mol. The van der Waals surface area contributed by atoms with Gasteiger partial charge < -0.3 is 25.2 Å². The highest BCUT2D eigenvalue weighted by Crippen LogP contribution is 2.41. The second-order valence-corrected chi connectivity index (χ2v) is 13.1. The van der Waals surface area contributed by atoms with Crippen LogP contribution in [0, 0.1) is 6.92 Å². The Labute approximate surface area is 288 Å². The summed E-state index contributed by atoms with van der Waals surface area (Å²) < 4.78 is 5.88. The summed E-state index contributed by atoms with van der Waals surface area (Å²) in [5.74, 6) is 1.55. The SMILES string of the molecule is C=CC(=O)Nc1cc(Nc2cc(N3OCC[C@@H]3c3cccc(Cl)c3C)ncn2)c(OC)cc1N1CCC(N2CCN(CCC)CC2)CC1. The van der Waals surface area contributed by atoms with Crippen molar-refractivity contribution in [3.63, 3.8) is 0 Å². The summed E-state index contributed by atoms with van der Waals surface area (Å²) in [6, 6.07) is 12.2. The molecule has 3 saturated heterocycles. The third kappa shape index (κ3) is 7.54. The zero-order valence-corrected chi connectivity index (χ0v) is 29.0. The second-order valence-electron chi connectivity index (χ2n) is 12.7. The number of carbonyl (C=O) groups excluding carboxylic acids is 1. The number of rotatable bonds is 11. The van der Waals surface area contributed by atoms with Crippen molar-refractivity contribution >= 4 is 46.2 Å². The Kier molecular flexibility index (Phi) is 11.0. The minimum absolute atomic E-state index is 0.0317.